The Bertz CT molecular complexity index is 668. The van der Waals surface area contributed by atoms with E-state index >= 15 is 0 Å². The molecule has 0 bridgehead atoms. The highest BCUT2D eigenvalue weighted by Crippen LogP contribution is 2.18. The molecule has 1 saturated heterocycles. The Kier molecular flexibility index (Phi) is 5.34. The van der Waals surface area contributed by atoms with E-state index in [2.05, 4.69) is 26.9 Å². The summed E-state index contributed by atoms with van der Waals surface area (Å²) in [6.45, 7) is 3.20. The third-order valence-electron chi connectivity index (χ3n) is 3.79. The van der Waals surface area contributed by atoms with Crippen molar-refractivity contribution in [1.29, 1.82) is 0 Å². The largest absolute Gasteiger partial charge is 0.297 e. The van der Waals surface area contributed by atoms with E-state index < -0.39 is 0 Å². The van der Waals surface area contributed by atoms with E-state index in [-0.39, 0.29) is 5.78 Å². The van der Waals surface area contributed by atoms with Gasteiger partial charge in [-0.3, -0.25) is 9.69 Å². The maximum Gasteiger partial charge on any atom is 0.193 e. The normalized spacial score (nSPS) is 15.7. The molecule has 0 aromatic heterocycles. The van der Waals surface area contributed by atoms with Crippen molar-refractivity contribution in [1.82, 2.24) is 4.90 Å². The molecule has 0 unspecified atom stereocenters. The van der Waals surface area contributed by atoms with Crippen LogP contribution >= 0.6 is 27.7 Å². The molecule has 4 heteroatoms. The number of benzene rings is 2. The van der Waals surface area contributed by atoms with Gasteiger partial charge in [0.05, 0.1) is 0 Å². The molecule has 0 amide bonds. The van der Waals surface area contributed by atoms with Crippen molar-refractivity contribution in [2.75, 3.05) is 24.6 Å². The number of halogens is 1. The summed E-state index contributed by atoms with van der Waals surface area (Å²) in [7, 11) is 0. The number of nitrogens with zero attached hydrogens (tertiary/aromatic N) is 1. The first-order valence-corrected chi connectivity index (χ1v) is 9.36. The Morgan fingerprint density at radius 2 is 1.73 bits per heavy atom. The van der Waals surface area contributed by atoms with Gasteiger partial charge in [0.1, 0.15) is 0 Å². The Balaban J connectivity index is 1.76. The van der Waals surface area contributed by atoms with Crippen LogP contribution in [0.5, 0.6) is 0 Å². The molecule has 0 saturated carbocycles. The molecule has 3 rings (SSSR count). The Hall–Kier alpha value is -1.10. The molecule has 1 fully saturated rings. The molecule has 0 aliphatic carbocycles. The smallest absolute Gasteiger partial charge is 0.193 e. The van der Waals surface area contributed by atoms with Crippen molar-refractivity contribution in [3.05, 3.63) is 69.7 Å². The molecule has 114 valence electrons. The highest BCUT2D eigenvalue weighted by molar-refractivity contribution is 9.10. The topological polar surface area (TPSA) is 20.3 Å². The lowest BCUT2D eigenvalue weighted by molar-refractivity contribution is 0.103. The maximum atomic E-state index is 12.6. The quantitative estimate of drug-likeness (QED) is 0.745. The second kappa shape index (κ2) is 7.44. The van der Waals surface area contributed by atoms with Crippen LogP contribution < -0.4 is 0 Å². The van der Waals surface area contributed by atoms with E-state index in [0.29, 0.717) is 0 Å². The van der Waals surface area contributed by atoms with E-state index in [1.807, 2.05) is 54.2 Å². The van der Waals surface area contributed by atoms with Crippen molar-refractivity contribution < 1.29 is 4.79 Å². The molecular formula is C18H18BrNOS. The Morgan fingerprint density at radius 3 is 2.45 bits per heavy atom. The number of hydrogen-bond donors (Lipinski definition) is 0. The van der Waals surface area contributed by atoms with Gasteiger partial charge in [-0.05, 0) is 23.8 Å². The van der Waals surface area contributed by atoms with Crippen molar-refractivity contribution in [2.24, 2.45) is 0 Å². The third kappa shape index (κ3) is 4.00. The lowest BCUT2D eigenvalue weighted by atomic mass is 10.0. The van der Waals surface area contributed by atoms with Gasteiger partial charge in [0.25, 0.3) is 0 Å². The fraction of sp³-hybridized carbons (Fsp3) is 0.278. The molecule has 1 heterocycles. The van der Waals surface area contributed by atoms with E-state index in [4.69, 9.17) is 0 Å². The van der Waals surface area contributed by atoms with Gasteiger partial charge in [0.2, 0.25) is 0 Å². The van der Waals surface area contributed by atoms with Crippen LogP contribution in [0.15, 0.2) is 53.0 Å². The summed E-state index contributed by atoms with van der Waals surface area (Å²) in [5, 5.41) is 0. The predicted octanol–water partition coefficient (Wildman–Crippen LogP) is 4.23. The lowest BCUT2D eigenvalue weighted by Gasteiger charge is -2.26. The van der Waals surface area contributed by atoms with Gasteiger partial charge < -0.3 is 0 Å². The minimum atomic E-state index is 0.0809. The second-order valence-electron chi connectivity index (χ2n) is 5.43. The van der Waals surface area contributed by atoms with Gasteiger partial charge in [-0.1, -0.05) is 46.3 Å². The molecule has 2 aromatic rings. The number of hydrogen-bond acceptors (Lipinski definition) is 3. The summed E-state index contributed by atoms with van der Waals surface area (Å²) < 4.78 is 0.931. The molecule has 0 spiro atoms. The van der Waals surface area contributed by atoms with E-state index in [0.717, 1.165) is 35.2 Å². The second-order valence-corrected chi connectivity index (χ2v) is 7.57. The monoisotopic (exact) mass is 375 g/mol. The summed E-state index contributed by atoms with van der Waals surface area (Å²) in [5.41, 5.74) is 2.70. The number of thioether (sulfide) groups is 1. The number of carbonyl (C=O) groups excluding carboxylic acids is 1. The van der Waals surface area contributed by atoms with Crippen LogP contribution in [0.25, 0.3) is 0 Å². The fourth-order valence-electron chi connectivity index (χ4n) is 2.62. The van der Waals surface area contributed by atoms with Crippen molar-refractivity contribution >= 4 is 33.5 Å². The van der Waals surface area contributed by atoms with Crippen LogP contribution in [0.1, 0.15) is 21.5 Å². The van der Waals surface area contributed by atoms with Crippen LogP contribution in [0.3, 0.4) is 0 Å². The van der Waals surface area contributed by atoms with Crippen molar-refractivity contribution in [3.63, 3.8) is 0 Å². The lowest BCUT2D eigenvalue weighted by Crippen LogP contribution is -2.31. The van der Waals surface area contributed by atoms with Gasteiger partial charge >= 0.3 is 0 Å². The molecule has 0 radical (unpaired) electrons. The predicted molar refractivity (Wildman–Crippen MR) is 96.6 cm³/mol. The summed E-state index contributed by atoms with van der Waals surface area (Å²) in [6.07, 6.45) is 0. The molecule has 1 aliphatic heterocycles. The molecule has 2 aromatic carbocycles. The first-order valence-electron chi connectivity index (χ1n) is 7.42. The Morgan fingerprint density at radius 1 is 1.05 bits per heavy atom. The van der Waals surface area contributed by atoms with Gasteiger partial charge in [-0.25, -0.2) is 0 Å². The van der Waals surface area contributed by atoms with Crippen molar-refractivity contribution in [3.8, 4) is 0 Å². The van der Waals surface area contributed by atoms with Crippen LogP contribution in [-0.2, 0) is 6.54 Å². The summed E-state index contributed by atoms with van der Waals surface area (Å²) >= 11 is 5.44. The first kappa shape index (κ1) is 15.8. The van der Waals surface area contributed by atoms with Gasteiger partial charge in [0, 0.05) is 46.7 Å². The van der Waals surface area contributed by atoms with E-state index in [1.54, 1.807) is 0 Å². The van der Waals surface area contributed by atoms with Crippen LogP contribution in [0.2, 0.25) is 0 Å². The standard InChI is InChI=1S/C18H18BrNOS/c19-17-6-2-5-16(12-17)18(21)15-4-1-3-14(11-15)13-20-7-9-22-10-8-20/h1-6,11-12H,7-10,13H2. The summed E-state index contributed by atoms with van der Waals surface area (Å²) in [6, 6.07) is 15.6. The Labute approximate surface area is 144 Å². The molecular weight excluding hydrogens is 358 g/mol. The number of ketones is 1. The molecule has 0 N–H and O–H groups in total. The van der Waals surface area contributed by atoms with E-state index in [1.165, 1.54) is 17.1 Å². The number of rotatable bonds is 4. The van der Waals surface area contributed by atoms with Crippen molar-refractivity contribution in [2.45, 2.75) is 6.54 Å². The fourth-order valence-corrected chi connectivity index (χ4v) is 4.00. The summed E-state index contributed by atoms with van der Waals surface area (Å²) in [5.74, 6) is 2.49. The highest BCUT2D eigenvalue weighted by Gasteiger charge is 2.13. The first-order chi connectivity index (χ1) is 10.7. The third-order valence-corrected chi connectivity index (χ3v) is 5.22. The molecule has 0 atom stereocenters. The molecule has 1 aliphatic rings. The minimum Gasteiger partial charge on any atom is -0.297 e. The van der Waals surface area contributed by atoms with Crippen LogP contribution in [-0.4, -0.2) is 35.3 Å². The van der Waals surface area contributed by atoms with Crippen LogP contribution in [0.4, 0.5) is 0 Å². The average Bonchev–Trinajstić information content (AvgIpc) is 2.55. The zero-order valence-corrected chi connectivity index (χ0v) is 14.7. The molecule has 22 heavy (non-hydrogen) atoms. The van der Waals surface area contributed by atoms with E-state index in [9.17, 15) is 4.79 Å². The zero-order valence-electron chi connectivity index (χ0n) is 12.3. The SMILES string of the molecule is O=C(c1cccc(Br)c1)c1cccc(CN2CCSCC2)c1. The maximum absolute atomic E-state index is 12.6. The molecule has 2 nitrogen and oxygen atoms in total. The summed E-state index contributed by atoms with van der Waals surface area (Å²) in [4.78, 5) is 15.1. The average molecular weight is 376 g/mol. The van der Waals surface area contributed by atoms with Gasteiger partial charge in [-0.15, -0.1) is 0 Å². The van der Waals surface area contributed by atoms with Gasteiger partial charge in [0.15, 0.2) is 5.78 Å². The highest BCUT2D eigenvalue weighted by atomic mass is 79.9. The van der Waals surface area contributed by atoms with Gasteiger partial charge in [-0.2, -0.15) is 11.8 Å². The minimum absolute atomic E-state index is 0.0809. The van der Waals surface area contributed by atoms with Crippen LogP contribution in [0, 0.1) is 0 Å². The number of carbonyl (C=O) groups is 1. The zero-order chi connectivity index (χ0) is 15.4.